The number of amides is 1. The average molecular weight is 327 g/mol. The van der Waals surface area contributed by atoms with Gasteiger partial charge in [0.2, 0.25) is 5.91 Å². The van der Waals surface area contributed by atoms with Crippen LogP contribution in [0.25, 0.3) is 0 Å². The Balaban J connectivity index is 2.13. The largest absolute Gasteiger partial charge is 0.465 e. The number of anilines is 1. The number of esters is 1. The Morgan fingerprint density at radius 2 is 1.75 bits per heavy atom. The number of rotatable bonds is 6. The lowest BCUT2D eigenvalue weighted by Crippen LogP contribution is -2.18. The lowest BCUT2D eigenvalue weighted by molar-refractivity contribution is -0.115. The van der Waals surface area contributed by atoms with Crippen LogP contribution in [0.5, 0.6) is 0 Å². The number of benzene rings is 2. The zero-order valence-electron chi connectivity index (χ0n) is 13.1. The maximum atomic E-state index is 12.1. The van der Waals surface area contributed by atoms with Crippen molar-refractivity contribution in [3.05, 3.63) is 65.2 Å². The first-order chi connectivity index (χ1) is 11.5. The molecule has 0 unspecified atom stereocenters. The van der Waals surface area contributed by atoms with Crippen LogP contribution < -0.4 is 5.32 Å². The van der Waals surface area contributed by atoms with E-state index in [1.807, 2.05) is 0 Å². The molecule has 2 aromatic rings. The third-order valence-corrected chi connectivity index (χ3v) is 3.39. The van der Waals surface area contributed by atoms with Crippen molar-refractivity contribution in [2.24, 2.45) is 0 Å². The van der Waals surface area contributed by atoms with Crippen molar-refractivity contribution < 1.29 is 24.2 Å². The van der Waals surface area contributed by atoms with Gasteiger partial charge in [0.25, 0.3) is 0 Å². The predicted octanol–water partition coefficient (Wildman–Crippen LogP) is 2.18. The number of aliphatic hydroxyl groups is 1. The van der Waals surface area contributed by atoms with Crippen molar-refractivity contribution in [2.45, 2.75) is 13.0 Å². The summed E-state index contributed by atoms with van der Waals surface area (Å²) >= 11 is 0. The van der Waals surface area contributed by atoms with Crippen LogP contribution in [0, 0.1) is 0 Å². The Morgan fingerprint density at radius 1 is 1.04 bits per heavy atom. The van der Waals surface area contributed by atoms with Crippen molar-refractivity contribution in [3.8, 4) is 0 Å². The summed E-state index contributed by atoms with van der Waals surface area (Å²) in [5.74, 6) is -1.40. The zero-order valence-corrected chi connectivity index (χ0v) is 13.1. The molecular weight excluding hydrogens is 310 g/mol. The topological polar surface area (TPSA) is 92.7 Å². The van der Waals surface area contributed by atoms with Crippen LogP contribution in [0.3, 0.4) is 0 Å². The van der Waals surface area contributed by atoms with Gasteiger partial charge in [-0.1, -0.05) is 36.4 Å². The fraction of sp³-hybridized carbons (Fsp3) is 0.167. The predicted molar refractivity (Wildman–Crippen MR) is 87.7 cm³/mol. The molecule has 0 spiro atoms. The highest BCUT2D eigenvalue weighted by atomic mass is 16.5. The number of Topliss-reactive ketones (excluding diaryl/α,β-unsaturated/α-hetero) is 1. The molecule has 0 saturated carbocycles. The molecule has 24 heavy (non-hydrogen) atoms. The maximum Gasteiger partial charge on any atom is 0.337 e. The van der Waals surface area contributed by atoms with E-state index in [-0.39, 0.29) is 30.1 Å². The van der Waals surface area contributed by atoms with Crippen LogP contribution >= 0.6 is 0 Å². The Kier molecular flexibility index (Phi) is 5.81. The second-order valence-electron chi connectivity index (χ2n) is 5.04. The molecule has 0 aliphatic rings. The first-order valence-corrected chi connectivity index (χ1v) is 7.25. The molecule has 2 N–H and O–H groups in total. The molecule has 0 atom stereocenters. The quantitative estimate of drug-likeness (QED) is 0.482. The number of hydrogen-bond donors (Lipinski definition) is 2. The molecule has 0 bridgehead atoms. The Labute approximate surface area is 139 Å². The van der Waals surface area contributed by atoms with Crippen molar-refractivity contribution >= 4 is 23.3 Å². The molecule has 0 aliphatic heterocycles. The molecule has 6 nitrogen and oxygen atoms in total. The normalized spacial score (nSPS) is 10.1. The number of nitrogens with one attached hydrogen (secondary N) is 1. The standard InChI is InChI=1S/C18H17NO5/c1-24-18(23)13-7-8-14(11-20)15(9-13)19-17(22)10-16(21)12-5-3-2-4-6-12/h2-9,20H,10-11H2,1H3,(H,19,22). The summed E-state index contributed by atoms with van der Waals surface area (Å²) in [6.07, 6.45) is -0.336. The first-order valence-electron chi connectivity index (χ1n) is 7.25. The van der Waals surface area contributed by atoms with Crippen LogP contribution in [0.1, 0.15) is 32.7 Å². The highest BCUT2D eigenvalue weighted by Crippen LogP contribution is 2.19. The lowest BCUT2D eigenvalue weighted by Gasteiger charge is -2.11. The summed E-state index contributed by atoms with van der Waals surface area (Å²) in [4.78, 5) is 35.7. The summed E-state index contributed by atoms with van der Waals surface area (Å²) in [7, 11) is 1.25. The van der Waals surface area contributed by atoms with Gasteiger partial charge in [-0.3, -0.25) is 9.59 Å². The molecule has 0 fully saturated rings. The highest BCUT2D eigenvalue weighted by molar-refractivity contribution is 6.11. The van der Waals surface area contributed by atoms with E-state index in [1.165, 1.54) is 25.3 Å². The molecular formula is C18H17NO5. The Hall–Kier alpha value is -2.99. The molecule has 6 heteroatoms. The number of ether oxygens (including phenoxy) is 1. The summed E-state index contributed by atoms with van der Waals surface area (Å²) in [5.41, 5.74) is 1.38. The third-order valence-electron chi connectivity index (χ3n) is 3.39. The molecule has 0 saturated heterocycles. The number of aliphatic hydroxyl groups excluding tert-OH is 1. The third kappa shape index (κ3) is 4.27. The van der Waals surface area contributed by atoms with E-state index in [2.05, 4.69) is 10.1 Å². The second kappa shape index (κ2) is 8.03. The molecule has 0 aromatic heterocycles. The van der Waals surface area contributed by atoms with Gasteiger partial charge >= 0.3 is 5.97 Å². The summed E-state index contributed by atoms with van der Waals surface area (Å²) in [6.45, 7) is -0.316. The second-order valence-corrected chi connectivity index (χ2v) is 5.04. The van der Waals surface area contributed by atoms with Crippen LogP contribution in [0.4, 0.5) is 5.69 Å². The summed E-state index contributed by atoms with van der Waals surface area (Å²) in [6, 6.07) is 12.9. The SMILES string of the molecule is COC(=O)c1ccc(CO)c(NC(=O)CC(=O)c2ccccc2)c1. The van der Waals surface area contributed by atoms with Gasteiger partial charge in [-0.15, -0.1) is 0 Å². The van der Waals surface area contributed by atoms with Crippen LogP contribution in [0.15, 0.2) is 48.5 Å². The smallest absolute Gasteiger partial charge is 0.337 e. The molecule has 0 aliphatic carbocycles. The van der Waals surface area contributed by atoms with Gasteiger partial charge in [0.1, 0.15) is 0 Å². The minimum absolute atomic E-state index is 0.236. The van der Waals surface area contributed by atoms with Gasteiger partial charge in [-0.2, -0.15) is 0 Å². The van der Waals surface area contributed by atoms with Gasteiger partial charge < -0.3 is 15.2 Å². The number of ketones is 1. The molecule has 1 amide bonds. The minimum atomic E-state index is -0.560. The Morgan fingerprint density at radius 3 is 2.38 bits per heavy atom. The van der Waals surface area contributed by atoms with E-state index in [1.54, 1.807) is 30.3 Å². The van der Waals surface area contributed by atoms with E-state index in [0.29, 0.717) is 11.1 Å². The fourth-order valence-electron chi connectivity index (χ4n) is 2.14. The molecule has 0 radical (unpaired) electrons. The monoisotopic (exact) mass is 327 g/mol. The summed E-state index contributed by atoms with van der Waals surface area (Å²) < 4.78 is 4.62. The van der Waals surface area contributed by atoms with Crippen molar-refractivity contribution in [1.82, 2.24) is 0 Å². The van der Waals surface area contributed by atoms with E-state index < -0.39 is 11.9 Å². The van der Waals surface area contributed by atoms with Gasteiger partial charge in [-0.05, 0) is 12.1 Å². The number of carbonyl (C=O) groups excluding carboxylic acids is 3. The molecule has 2 rings (SSSR count). The summed E-state index contributed by atoms with van der Waals surface area (Å²) in [5, 5.41) is 11.9. The lowest BCUT2D eigenvalue weighted by atomic mass is 10.1. The Bertz CT molecular complexity index is 755. The highest BCUT2D eigenvalue weighted by Gasteiger charge is 2.15. The van der Waals surface area contributed by atoms with Crippen LogP contribution in [-0.2, 0) is 16.1 Å². The van der Waals surface area contributed by atoms with E-state index in [0.717, 1.165) is 0 Å². The van der Waals surface area contributed by atoms with Crippen LogP contribution in [0.2, 0.25) is 0 Å². The maximum absolute atomic E-state index is 12.1. The van der Waals surface area contributed by atoms with E-state index >= 15 is 0 Å². The zero-order chi connectivity index (χ0) is 17.5. The van der Waals surface area contributed by atoms with Crippen molar-refractivity contribution in [3.63, 3.8) is 0 Å². The first kappa shape index (κ1) is 17.4. The van der Waals surface area contributed by atoms with E-state index in [4.69, 9.17) is 0 Å². The number of carbonyl (C=O) groups is 3. The van der Waals surface area contributed by atoms with Gasteiger partial charge in [0, 0.05) is 16.8 Å². The average Bonchev–Trinajstić information content (AvgIpc) is 2.61. The van der Waals surface area contributed by atoms with E-state index in [9.17, 15) is 19.5 Å². The van der Waals surface area contributed by atoms with Gasteiger partial charge in [-0.25, -0.2) is 4.79 Å². The van der Waals surface area contributed by atoms with Gasteiger partial charge in [0.05, 0.1) is 25.7 Å². The number of hydrogen-bond acceptors (Lipinski definition) is 5. The fourth-order valence-corrected chi connectivity index (χ4v) is 2.14. The molecule has 124 valence electrons. The minimum Gasteiger partial charge on any atom is -0.465 e. The van der Waals surface area contributed by atoms with Crippen LogP contribution in [-0.4, -0.2) is 29.9 Å². The number of methoxy groups -OCH3 is 1. The van der Waals surface area contributed by atoms with Crippen molar-refractivity contribution in [1.29, 1.82) is 0 Å². The molecule has 2 aromatic carbocycles. The van der Waals surface area contributed by atoms with Crippen molar-refractivity contribution in [2.75, 3.05) is 12.4 Å². The van der Waals surface area contributed by atoms with Gasteiger partial charge in [0.15, 0.2) is 5.78 Å². The molecule has 0 heterocycles.